The number of nitrogens with one attached hydrogen (secondary N) is 4. The molecule has 6 rings (SSSR count). The third-order valence-electron chi connectivity index (χ3n) is 16.5. The van der Waals surface area contributed by atoms with Crippen LogP contribution in [0.25, 0.3) is 10.9 Å². The molecule has 26 heteroatoms. The number of carbonyl (C=O) groups excluding carboxylic acids is 7. The zero-order chi connectivity index (χ0) is 64.8. The van der Waals surface area contributed by atoms with Crippen LogP contribution in [-0.4, -0.2) is 253 Å². The molecule has 2 aromatic carbocycles. The van der Waals surface area contributed by atoms with E-state index in [9.17, 15) is 57.4 Å². The molecule has 6 N–H and O–H groups in total. The number of benzene rings is 2. The minimum atomic E-state index is -3.10. The van der Waals surface area contributed by atoms with E-state index in [2.05, 4.69) is 61.3 Å². The van der Waals surface area contributed by atoms with Gasteiger partial charge in [0.25, 0.3) is 24.2 Å². The molecule has 494 valence electrons. The Hall–Kier alpha value is -7.02. The number of pyridine rings is 1. The molecule has 3 atom stereocenters. The maximum Gasteiger partial charge on any atom is 0.317 e. The van der Waals surface area contributed by atoms with Crippen LogP contribution >= 0.6 is 11.8 Å². The SMILES string of the molecule is C#C[C@H]1CC(F)(F)CN1C(=O)CNC(=O)c1ccnc2ccc(OCCCC3CCN(C(=O)[C@H](O)CSCCNC(=O)C(CCCCNC(=O)CCCc4ccc(C)cc4)NC(=O)CN4CCN(CC)CCN(COC=O)CCN(CC(=O)O)CC4)CC3)cc12. The number of likely N-dealkylation sites (tertiary alicyclic amines) is 2. The number of nitrogens with zero attached hydrogens (tertiary/aromatic N) is 7. The summed E-state index contributed by atoms with van der Waals surface area (Å²) in [6.45, 7) is 9.74. The molecule has 3 fully saturated rings. The van der Waals surface area contributed by atoms with Crippen molar-refractivity contribution in [3.8, 4) is 18.1 Å². The Bertz CT molecular complexity index is 2860. The van der Waals surface area contributed by atoms with E-state index in [4.69, 9.17) is 15.9 Å². The van der Waals surface area contributed by atoms with E-state index in [1.54, 1.807) is 28.0 Å². The van der Waals surface area contributed by atoms with E-state index in [-0.39, 0.29) is 61.3 Å². The smallest absolute Gasteiger partial charge is 0.317 e. The van der Waals surface area contributed by atoms with Crippen LogP contribution in [0.2, 0.25) is 0 Å². The van der Waals surface area contributed by atoms with Gasteiger partial charge in [0.2, 0.25) is 23.6 Å². The summed E-state index contributed by atoms with van der Waals surface area (Å²) in [5, 5.41) is 32.5. The first-order chi connectivity index (χ1) is 43.3. The number of rotatable bonds is 33. The Balaban J connectivity index is 0.919. The molecule has 23 nitrogen and oxygen atoms in total. The largest absolute Gasteiger partial charge is 0.494 e. The van der Waals surface area contributed by atoms with Crippen molar-refractivity contribution in [1.82, 2.24) is 55.7 Å². The number of carboxylic acid groups (broad SMARTS) is 1. The summed E-state index contributed by atoms with van der Waals surface area (Å²) in [4.78, 5) is 117. The summed E-state index contributed by atoms with van der Waals surface area (Å²) >= 11 is 1.33. The standard InChI is InChI=1S/C64H91F2N11O12S/c1-4-50-39-64(65,66)44-77(50)59(82)40-70-61(85)52-20-24-67-54-19-18-51(38-53(52)54)89-36-9-11-49-21-26-76(27-22-49)63(87)56(79)43-90-37-25-69-62(86)55(12-6-7-23-68-57(80)13-8-10-48-16-14-47(3)15-17-48)71-58(81)41-73-30-28-72(5-2)29-34-75(45-88-46-78)35-33-74(32-31-73)42-60(83)84/h1,14-20,24,38,46,49-50,55-56,79H,5-13,21-23,25-37,39-45H2,2-3H3,(H,68,80)(H,69,86)(H,70,85)(H,71,81)(H,83,84)/t50-,55?,56+/m0/s1. The van der Waals surface area contributed by atoms with Gasteiger partial charge in [0, 0.05) is 114 Å². The lowest BCUT2D eigenvalue weighted by atomic mass is 9.92. The number of hydrogen-bond donors (Lipinski definition) is 6. The van der Waals surface area contributed by atoms with Gasteiger partial charge in [0.05, 0.1) is 49.9 Å². The molecule has 0 spiro atoms. The molecular weight excluding hydrogens is 1180 g/mol. The molecule has 0 saturated carbocycles. The first-order valence-corrected chi connectivity index (χ1v) is 32.5. The van der Waals surface area contributed by atoms with E-state index >= 15 is 0 Å². The summed E-state index contributed by atoms with van der Waals surface area (Å²) in [7, 11) is 0. The number of amides is 6. The van der Waals surface area contributed by atoms with Gasteiger partial charge in [-0.3, -0.25) is 58.0 Å². The summed E-state index contributed by atoms with van der Waals surface area (Å²) in [5.41, 5.74) is 3.11. The number of thioether (sulfide) groups is 1. The fourth-order valence-electron chi connectivity index (χ4n) is 11.2. The number of halogens is 2. The number of terminal acetylenes is 1. The van der Waals surface area contributed by atoms with Gasteiger partial charge in [-0.05, 0) is 107 Å². The number of piperidine rings is 1. The minimum absolute atomic E-state index is 0.0327. The predicted molar refractivity (Wildman–Crippen MR) is 337 cm³/mol. The van der Waals surface area contributed by atoms with E-state index in [0.29, 0.717) is 145 Å². The molecule has 3 aliphatic rings. The van der Waals surface area contributed by atoms with Gasteiger partial charge in [-0.25, -0.2) is 8.78 Å². The summed E-state index contributed by atoms with van der Waals surface area (Å²) in [6, 6.07) is 13.0. The number of aliphatic carboxylic acids is 1. The van der Waals surface area contributed by atoms with Crippen LogP contribution in [0.1, 0.15) is 92.6 Å². The van der Waals surface area contributed by atoms with Crippen LogP contribution in [0, 0.1) is 25.2 Å². The number of hydrogen-bond acceptors (Lipinski definition) is 17. The van der Waals surface area contributed by atoms with Gasteiger partial charge in [-0.15, -0.1) is 6.42 Å². The second kappa shape index (κ2) is 38.0. The fraction of sp³-hybridized carbons (Fsp3) is 0.609. The minimum Gasteiger partial charge on any atom is -0.494 e. The van der Waals surface area contributed by atoms with Crippen LogP contribution in [0.4, 0.5) is 8.78 Å². The molecule has 3 aromatic rings. The molecule has 4 heterocycles. The molecule has 1 aromatic heterocycles. The van der Waals surface area contributed by atoms with Crippen LogP contribution in [0.15, 0.2) is 54.7 Å². The molecule has 90 heavy (non-hydrogen) atoms. The molecular formula is C64H91F2N11O12S. The van der Waals surface area contributed by atoms with E-state index in [1.807, 2.05) is 23.6 Å². The third-order valence-corrected chi connectivity index (χ3v) is 17.6. The van der Waals surface area contributed by atoms with Crippen LogP contribution < -0.4 is 26.0 Å². The highest BCUT2D eigenvalue weighted by atomic mass is 32.2. The average molecular weight is 1280 g/mol. The highest BCUT2D eigenvalue weighted by molar-refractivity contribution is 7.99. The second-order valence-electron chi connectivity index (χ2n) is 23.3. The number of likely N-dealkylation sites (N-methyl/N-ethyl adjacent to an activating group) is 1. The van der Waals surface area contributed by atoms with Crippen molar-refractivity contribution >= 4 is 70.5 Å². The highest BCUT2D eigenvalue weighted by Crippen LogP contribution is 2.32. The lowest BCUT2D eigenvalue weighted by Gasteiger charge is -2.33. The highest BCUT2D eigenvalue weighted by Gasteiger charge is 2.46. The number of unbranched alkanes of at least 4 members (excludes halogenated alkanes) is 1. The van der Waals surface area contributed by atoms with Crippen molar-refractivity contribution in [2.45, 2.75) is 109 Å². The van der Waals surface area contributed by atoms with Gasteiger partial charge in [-0.2, -0.15) is 11.8 Å². The topological polar surface area (TPSA) is 276 Å². The monoisotopic (exact) mass is 1280 g/mol. The Labute approximate surface area is 531 Å². The molecule has 0 radical (unpaired) electrons. The Morgan fingerprint density at radius 3 is 2.23 bits per heavy atom. The fourth-order valence-corrected chi connectivity index (χ4v) is 12.0. The van der Waals surface area contributed by atoms with Crippen molar-refractivity contribution in [1.29, 1.82) is 0 Å². The third kappa shape index (κ3) is 25.0. The van der Waals surface area contributed by atoms with E-state index in [0.717, 1.165) is 43.5 Å². The Morgan fingerprint density at radius 2 is 1.54 bits per heavy atom. The summed E-state index contributed by atoms with van der Waals surface area (Å²) in [5.74, 6) is -2.93. The average Bonchev–Trinajstić information content (AvgIpc) is 1.54. The van der Waals surface area contributed by atoms with Gasteiger partial charge in [-0.1, -0.05) is 42.7 Å². The van der Waals surface area contributed by atoms with Crippen LogP contribution in [0.3, 0.4) is 0 Å². The van der Waals surface area contributed by atoms with Crippen LogP contribution in [-0.2, 0) is 44.7 Å². The van der Waals surface area contributed by atoms with Crippen LogP contribution in [0.5, 0.6) is 5.75 Å². The number of carboxylic acids is 1. The zero-order valence-corrected chi connectivity index (χ0v) is 52.9. The number of aromatic nitrogens is 1. The lowest BCUT2D eigenvalue weighted by Crippen LogP contribution is -2.52. The molecule has 3 aliphatic heterocycles. The van der Waals surface area contributed by atoms with Gasteiger partial charge in [0.15, 0.2) is 0 Å². The molecule has 6 amide bonds. The number of alkyl halides is 2. The first kappa shape index (κ1) is 72.0. The zero-order valence-electron chi connectivity index (χ0n) is 52.1. The number of fused-ring (bicyclic) bond motifs is 1. The molecule has 0 bridgehead atoms. The normalized spacial score (nSPS) is 18.1. The van der Waals surface area contributed by atoms with Crippen molar-refractivity contribution in [2.24, 2.45) is 5.92 Å². The maximum atomic E-state index is 14.0. The number of ether oxygens (including phenoxy) is 2. The Morgan fingerprint density at radius 1 is 0.844 bits per heavy atom. The van der Waals surface area contributed by atoms with Crippen molar-refractivity contribution in [2.75, 3.05) is 136 Å². The molecule has 3 saturated heterocycles. The summed E-state index contributed by atoms with van der Waals surface area (Å²) < 4.78 is 39.0. The first-order valence-electron chi connectivity index (χ1n) is 31.4. The van der Waals surface area contributed by atoms with Gasteiger partial charge < -0.3 is 55.7 Å². The number of aliphatic hydroxyl groups excluding tert-OH is 1. The van der Waals surface area contributed by atoms with Gasteiger partial charge in [0.1, 0.15) is 24.6 Å². The molecule has 0 aliphatic carbocycles. The second-order valence-corrected chi connectivity index (χ2v) is 24.5. The van der Waals surface area contributed by atoms with Gasteiger partial charge >= 0.3 is 5.97 Å². The Kier molecular flexibility index (Phi) is 30.4. The quantitative estimate of drug-likeness (QED) is 0.0291. The van der Waals surface area contributed by atoms with E-state index in [1.165, 1.54) is 35.2 Å². The number of carbonyl (C=O) groups is 8. The number of aliphatic hydroxyl groups is 1. The summed E-state index contributed by atoms with van der Waals surface area (Å²) in [6.07, 6.45) is 11.4. The maximum absolute atomic E-state index is 14.0. The molecule has 1 unspecified atom stereocenters. The van der Waals surface area contributed by atoms with Crippen molar-refractivity contribution in [3.63, 3.8) is 0 Å². The van der Waals surface area contributed by atoms with Crippen molar-refractivity contribution in [3.05, 3.63) is 71.4 Å². The number of aryl methyl sites for hydroxylation is 2. The van der Waals surface area contributed by atoms with E-state index < -0.39 is 61.4 Å². The van der Waals surface area contributed by atoms with Crippen molar-refractivity contribution < 1.29 is 66.8 Å². The lowest BCUT2D eigenvalue weighted by molar-refractivity contribution is -0.140. The predicted octanol–water partition coefficient (Wildman–Crippen LogP) is 3.00.